The van der Waals surface area contributed by atoms with Crippen LogP contribution in [-0.4, -0.2) is 31.6 Å². The van der Waals surface area contributed by atoms with Gasteiger partial charge in [0, 0.05) is 17.8 Å². The van der Waals surface area contributed by atoms with E-state index in [4.69, 9.17) is 0 Å². The molecule has 1 aromatic carbocycles. The molecule has 0 radical (unpaired) electrons. The summed E-state index contributed by atoms with van der Waals surface area (Å²) in [5.74, 6) is -1.16. The van der Waals surface area contributed by atoms with E-state index in [0.717, 1.165) is 12.8 Å². The van der Waals surface area contributed by atoms with E-state index in [1.807, 2.05) is 13.8 Å². The number of rotatable bonds is 8. The number of hydrogen-bond donors (Lipinski definition) is 3. The summed E-state index contributed by atoms with van der Waals surface area (Å²) in [6.45, 7) is 7.42. The fourth-order valence-corrected chi connectivity index (χ4v) is 3.42. The minimum Gasteiger partial charge on any atom is -0.478 e. The normalized spacial score (nSPS) is 13.1. The number of nitrogens with one attached hydrogen (secondary N) is 2. The quantitative estimate of drug-likeness (QED) is 0.682. The standard InChI is InChI=1S/C15H24N2O4S/c1-5-6-11(4)16-14-8-7-12(9-13(14)15(18)19)22(20,21)17-10(2)3/h7-11,16-17H,5-6H2,1-4H3,(H,18,19)/t11-/m0/s1. The van der Waals surface area contributed by atoms with Crippen LogP contribution in [0.5, 0.6) is 0 Å². The number of sulfonamides is 1. The highest BCUT2D eigenvalue weighted by Crippen LogP contribution is 2.22. The molecule has 7 heteroatoms. The molecule has 1 atom stereocenters. The molecular weight excluding hydrogens is 304 g/mol. The smallest absolute Gasteiger partial charge is 0.337 e. The SMILES string of the molecule is CCC[C@H](C)Nc1ccc(S(=O)(=O)NC(C)C)cc1C(=O)O. The molecule has 0 spiro atoms. The second-order valence-electron chi connectivity index (χ2n) is 5.62. The fourth-order valence-electron chi connectivity index (χ4n) is 2.14. The Hall–Kier alpha value is -1.60. The molecule has 6 nitrogen and oxygen atoms in total. The van der Waals surface area contributed by atoms with Crippen molar-refractivity contribution in [1.29, 1.82) is 0 Å². The van der Waals surface area contributed by atoms with Crippen LogP contribution >= 0.6 is 0 Å². The van der Waals surface area contributed by atoms with Crippen molar-refractivity contribution in [2.24, 2.45) is 0 Å². The van der Waals surface area contributed by atoms with Crippen molar-refractivity contribution < 1.29 is 18.3 Å². The van der Waals surface area contributed by atoms with Gasteiger partial charge in [0.05, 0.1) is 10.5 Å². The van der Waals surface area contributed by atoms with E-state index < -0.39 is 16.0 Å². The average Bonchev–Trinajstić information content (AvgIpc) is 2.37. The third-order valence-corrected chi connectivity index (χ3v) is 4.70. The molecule has 0 aliphatic rings. The van der Waals surface area contributed by atoms with Crippen LogP contribution in [0.4, 0.5) is 5.69 Å². The van der Waals surface area contributed by atoms with Gasteiger partial charge < -0.3 is 10.4 Å². The number of benzene rings is 1. The molecule has 0 fully saturated rings. The van der Waals surface area contributed by atoms with Gasteiger partial charge in [0.15, 0.2) is 0 Å². The zero-order chi connectivity index (χ0) is 16.9. The third-order valence-electron chi connectivity index (χ3n) is 3.05. The monoisotopic (exact) mass is 328 g/mol. The minimum absolute atomic E-state index is 0.0467. The van der Waals surface area contributed by atoms with Crippen LogP contribution in [-0.2, 0) is 10.0 Å². The van der Waals surface area contributed by atoms with E-state index in [9.17, 15) is 18.3 Å². The van der Waals surface area contributed by atoms with Crippen LogP contribution in [0, 0.1) is 0 Å². The third kappa shape index (κ3) is 4.99. The van der Waals surface area contributed by atoms with Gasteiger partial charge in [0.25, 0.3) is 0 Å². The number of carboxylic acid groups (broad SMARTS) is 1. The van der Waals surface area contributed by atoms with Gasteiger partial charge in [-0.2, -0.15) is 0 Å². The van der Waals surface area contributed by atoms with Gasteiger partial charge in [0.2, 0.25) is 10.0 Å². The molecule has 22 heavy (non-hydrogen) atoms. The summed E-state index contributed by atoms with van der Waals surface area (Å²) in [4.78, 5) is 11.4. The van der Waals surface area contributed by atoms with Gasteiger partial charge in [-0.15, -0.1) is 0 Å². The van der Waals surface area contributed by atoms with Crippen molar-refractivity contribution in [2.45, 2.75) is 57.5 Å². The molecule has 0 saturated carbocycles. The summed E-state index contributed by atoms with van der Waals surface area (Å²) in [6, 6.07) is 3.96. The maximum absolute atomic E-state index is 12.1. The Morgan fingerprint density at radius 1 is 1.27 bits per heavy atom. The van der Waals surface area contributed by atoms with Crippen molar-refractivity contribution in [2.75, 3.05) is 5.32 Å². The summed E-state index contributed by atoms with van der Waals surface area (Å²) < 4.78 is 26.7. The predicted molar refractivity (Wildman–Crippen MR) is 86.9 cm³/mol. The molecule has 1 aromatic rings. The van der Waals surface area contributed by atoms with E-state index in [-0.39, 0.29) is 22.5 Å². The van der Waals surface area contributed by atoms with E-state index in [0.29, 0.717) is 5.69 Å². The number of carbonyl (C=O) groups is 1. The summed E-state index contributed by atoms with van der Waals surface area (Å²) in [7, 11) is -3.71. The lowest BCUT2D eigenvalue weighted by Gasteiger charge is -2.17. The molecule has 0 saturated heterocycles. The average molecular weight is 328 g/mol. The fraction of sp³-hybridized carbons (Fsp3) is 0.533. The molecule has 0 aliphatic heterocycles. The van der Waals surface area contributed by atoms with Crippen LogP contribution in [0.2, 0.25) is 0 Å². The first-order valence-electron chi connectivity index (χ1n) is 7.33. The lowest BCUT2D eigenvalue weighted by molar-refractivity contribution is 0.0697. The molecule has 124 valence electrons. The van der Waals surface area contributed by atoms with Crippen LogP contribution in [0.1, 0.15) is 50.9 Å². The van der Waals surface area contributed by atoms with Gasteiger partial charge in [0.1, 0.15) is 0 Å². The van der Waals surface area contributed by atoms with Crippen LogP contribution in [0.25, 0.3) is 0 Å². The summed E-state index contributed by atoms with van der Waals surface area (Å²) >= 11 is 0. The summed E-state index contributed by atoms with van der Waals surface area (Å²) in [5.41, 5.74) is 0.381. The second kappa shape index (κ2) is 7.60. The first-order chi connectivity index (χ1) is 10.2. The molecule has 0 aliphatic carbocycles. The van der Waals surface area contributed by atoms with Crippen molar-refractivity contribution in [3.63, 3.8) is 0 Å². The molecule has 1 rings (SSSR count). The summed E-state index contributed by atoms with van der Waals surface area (Å²) in [6.07, 6.45) is 1.87. The zero-order valence-corrected chi connectivity index (χ0v) is 14.2. The van der Waals surface area contributed by atoms with Gasteiger partial charge in [-0.1, -0.05) is 13.3 Å². The second-order valence-corrected chi connectivity index (χ2v) is 7.34. The number of carboxylic acids is 1. The highest BCUT2D eigenvalue weighted by Gasteiger charge is 2.20. The van der Waals surface area contributed by atoms with Crippen LogP contribution in [0.3, 0.4) is 0 Å². The van der Waals surface area contributed by atoms with Gasteiger partial charge in [-0.25, -0.2) is 17.9 Å². The first kappa shape index (κ1) is 18.4. The van der Waals surface area contributed by atoms with E-state index in [1.54, 1.807) is 13.8 Å². The van der Waals surface area contributed by atoms with Crippen molar-refractivity contribution in [3.8, 4) is 0 Å². The van der Waals surface area contributed by atoms with Crippen molar-refractivity contribution in [3.05, 3.63) is 23.8 Å². The highest BCUT2D eigenvalue weighted by atomic mass is 32.2. The number of anilines is 1. The molecule has 0 bridgehead atoms. The number of aromatic carboxylic acids is 1. The van der Waals surface area contributed by atoms with E-state index >= 15 is 0 Å². The maximum atomic E-state index is 12.1. The predicted octanol–water partition coefficient (Wildman–Crippen LogP) is 2.67. The van der Waals surface area contributed by atoms with Gasteiger partial charge >= 0.3 is 5.97 Å². The Morgan fingerprint density at radius 2 is 1.91 bits per heavy atom. The van der Waals surface area contributed by atoms with Crippen molar-refractivity contribution >= 4 is 21.7 Å². The minimum atomic E-state index is -3.71. The van der Waals surface area contributed by atoms with Crippen LogP contribution in [0.15, 0.2) is 23.1 Å². The first-order valence-corrected chi connectivity index (χ1v) is 8.82. The van der Waals surface area contributed by atoms with Crippen molar-refractivity contribution in [1.82, 2.24) is 4.72 Å². The maximum Gasteiger partial charge on any atom is 0.337 e. The van der Waals surface area contributed by atoms with Gasteiger partial charge in [-0.05, 0) is 45.4 Å². The lowest BCUT2D eigenvalue weighted by Crippen LogP contribution is -2.30. The molecule has 0 aromatic heterocycles. The Bertz CT molecular complexity index is 626. The Balaban J connectivity index is 3.17. The zero-order valence-electron chi connectivity index (χ0n) is 13.4. The van der Waals surface area contributed by atoms with Gasteiger partial charge in [-0.3, -0.25) is 0 Å². The Labute approximate surface area is 132 Å². The number of hydrogen-bond acceptors (Lipinski definition) is 4. The molecule has 3 N–H and O–H groups in total. The Morgan fingerprint density at radius 3 is 2.41 bits per heavy atom. The molecule has 0 amide bonds. The highest BCUT2D eigenvalue weighted by molar-refractivity contribution is 7.89. The van der Waals surface area contributed by atoms with E-state index in [1.165, 1.54) is 18.2 Å². The summed E-state index contributed by atoms with van der Waals surface area (Å²) in [5, 5.41) is 12.4. The van der Waals surface area contributed by atoms with Crippen LogP contribution < -0.4 is 10.0 Å². The van der Waals surface area contributed by atoms with E-state index in [2.05, 4.69) is 10.0 Å². The largest absolute Gasteiger partial charge is 0.478 e. The molecule has 0 heterocycles. The lowest BCUT2D eigenvalue weighted by atomic mass is 10.1. The molecule has 0 unspecified atom stereocenters. The Kier molecular flexibility index (Phi) is 6.37. The topological polar surface area (TPSA) is 95.5 Å². The molecular formula is C15H24N2O4S.